The topological polar surface area (TPSA) is 13.1 Å². The Morgan fingerprint density at radius 3 is 1.75 bits per heavy atom. The lowest BCUT2D eigenvalue weighted by Gasteiger charge is -2.18. The molecule has 0 aliphatic rings. The molecule has 2 heteroatoms. The molecular formula is C38H22OS. The van der Waals surface area contributed by atoms with Crippen LogP contribution in [0, 0.1) is 0 Å². The summed E-state index contributed by atoms with van der Waals surface area (Å²) in [6, 6.07) is 46.6. The number of hydrogen-bond acceptors (Lipinski definition) is 2. The summed E-state index contributed by atoms with van der Waals surface area (Å²) < 4.78 is 8.38. The van der Waals surface area contributed by atoms with Crippen LogP contribution in [0.15, 0.2) is 138 Å². The first-order valence-electron chi connectivity index (χ1n) is 13.6. The van der Waals surface area contributed by atoms with Gasteiger partial charge in [0.25, 0.3) is 0 Å². The summed E-state index contributed by atoms with van der Waals surface area (Å²) in [5.41, 5.74) is 6.05. The highest BCUT2D eigenvalue weighted by Crippen LogP contribution is 2.46. The minimum absolute atomic E-state index is 0.982. The molecule has 0 amide bonds. The molecule has 0 aliphatic heterocycles. The van der Waals surface area contributed by atoms with E-state index in [2.05, 4.69) is 121 Å². The minimum Gasteiger partial charge on any atom is -0.463 e. The van der Waals surface area contributed by atoms with E-state index in [-0.39, 0.29) is 0 Å². The highest BCUT2D eigenvalue weighted by molar-refractivity contribution is 7.26. The Labute approximate surface area is 234 Å². The SMILES string of the molecule is c1ccc2cc(-c3c4ccccc4c(-c4ccc5sc6c(ccc7ccoc76)c5c4)c4ccccc34)ccc2c1. The van der Waals surface area contributed by atoms with Gasteiger partial charge in [0.2, 0.25) is 0 Å². The van der Waals surface area contributed by atoms with Crippen LogP contribution in [0.4, 0.5) is 0 Å². The lowest BCUT2D eigenvalue weighted by atomic mass is 9.85. The zero-order valence-corrected chi connectivity index (χ0v) is 22.3. The molecule has 2 aromatic heterocycles. The van der Waals surface area contributed by atoms with Crippen molar-refractivity contribution in [3.63, 3.8) is 0 Å². The van der Waals surface area contributed by atoms with Gasteiger partial charge in [0, 0.05) is 20.9 Å². The van der Waals surface area contributed by atoms with Crippen LogP contribution in [0.5, 0.6) is 0 Å². The van der Waals surface area contributed by atoms with Gasteiger partial charge in [-0.15, -0.1) is 11.3 Å². The Kier molecular flexibility index (Phi) is 4.55. The fourth-order valence-electron chi connectivity index (χ4n) is 6.51. The van der Waals surface area contributed by atoms with Crippen LogP contribution >= 0.6 is 11.3 Å². The molecular weight excluding hydrogens is 504 g/mol. The smallest absolute Gasteiger partial charge is 0.151 e. The lowest BCUT2D eigenvalue weighted by Crippen LogP contribution is -1.91. The summed E-state index contributed by atoms with van der Waals surface area (Å²) in [6.07, 6.45) is 1.79. The van der Waals surface area contributed by atoms with E-state index in [0.717, 1.165) is 11.0 Å². The molecule has 0 bridgehead atoms. The summed E-state index contributed by atoms with van der Waals surface area (Å²) >= 11 is 1.81. The van der Waals surface area contributed by atoms with Crippen LogP contribution in [-0.4, -0.2) is 0 Å². The van der Waals surface area contributed by atoms with Crippen LogP contribution in [0.2, 0.25) is 0 Å². The Morgan fingerprint density at radius 1 is 0.425 bits per heavy atom. The van der Waals surface area contributed by atoms with Gasteiger partial charge in [-0.3, -0.25) is 0 Å². The van der Waals surface area contributed by atoms with E-state index < -0.39 is 0 Å². The first-order chi connectivity index (χ1) is 19.8. The average Bonchev–Trinajstić information content (AvgIpc) is 3.64. The van der Waals surface area contributed by atoms with Crippen molar-refractivity contribution in [3.05, 3.63) is 134 Å². The van der Waals surface area contributed by atoms with Crippen LogP contribution in [0.25, 0.3) is 85.7 Å². The average molecular weight is 527 g/mol. The Balaban J connectivity index is 1.37. The zero-order chi connectivity index (χ0) is 26.2. The van der Waals surface area contributed by atoms with Crippen molar-refractivity contribution in [1.82, 2.24) is 0 Å². The number of rotatable bonds is 2. The van der Waals surface area contributed by atoms with Gasteiger partial charge in [-0.05, 0) is 78.8 Å². The van der Waals surface area contributed by atoms with Crippen molar-refractivity contribution < 1.29 is 4.42 Å². The maximum absolute atomic E-state index is 5.88. The maximum atomic E-state index is 5.88. The molecule has 0 radical (unpaired) electrons. The number of fused-ring (bicyclic) bond motifs is 8. The first kappa shape index (κ1) is 22.0. The molecule has 0 unspecified atom stereocenters. The molecule has 0 spiro atoms. The molecule has 2 heterocycles. The fraction of sp³-hybridized carbons (Fsp3) is 0. The largest absolute Gasteiger partial charge is 0.463 e. The minimum atomic E-state index is 0.982. The second-order valence-electron chi connectivity index (χ2n) is 10.5. The molecule has 0 atom stereocenters. The third-order valence-corrected chi connectivity index (χ3v) is 9.50. The summed E-state index contributed by atoms with van der Waals surface area (Å²) in [4.78, 5) is 0. The normalized spacial score (nSPS) is 12.0. The molecule has 0 saturated carbocycles. The zero-order valence-electron chi connectivity index (χ0n) is 21.5. The molecule has 0 fully saturated rings. The molecule has 9 rings (SSSR count). The van der Waals surface area contributed by atoms with Gasteiger partial charge < -0.3 is 4.42 Å². The molecule has 40 heavy (non-hydrogen) atoms. The molecule has 1 nitrogen and oxygen atoms in total. The summed E-state index contributed by atoms with van der Waals surface area (Å²) in [5.74, 6) is 0. The van der Waals surface area contributed by atoms with E-state index in [0.29, 0.717) is 0 Å². The number of furan rings is 1. The van der Waals surface area contributed by atoms with E-state index in [4.69, 9.17) is 4.42 Å². The van der Waals surface area contributed by atoms with E-state index >= 15 is 0 Å². The molecule has 9 aromatic rings. The molecule has 186 valence electrons. The monoisotopic (exact) mass is 526 g/mol. The number of hydrogen-bond donors (Lipinski definition) is 0. The third kappa shape index (κ3) is 3.08. The van der Waals surface area contributed by atoms with Gasteiger partial charge in [-0.2, -0.15) is 0 Å². The first-order valence-corrected chi connectivity index (χ1v) is 14.4. The number of thiophene rings is 1. The summed E-state index contributed by atoms with van der Waals surface area (Å²) in [6.45, 7) is 0. The fourth-order valence-corrected chi connectivity index (χ4v) is 7.69. The Bertz CT molecular complexity index is 2380. The van der Waals surface area contributed by atoms with Gasteiger partial charge in [0.15, 0.2) is 5.58 Å². The number of benzene rings is 7. The highest BCUT2D eigenvalue weighted by Gasteiger charge is 2.18. The quantitative estimate of drug-likeness (QED) is 0.204. The highest BCUT2D eigenvalue weighted by atomic mass is 32.1. The van der Waals surface area contributed by atoms with Gasteiger partial charge in [-0.1, -0.05) is 103 Å². The molecule has 0 N–H and O–H groups in total. The molecule has 7 aromatic carbocycles. The van der Waals surface area contributed by atoms with E-state index in [1.807, 2.05) is 17.4 Å². The van der Waals surface area contributed by atoms with Crippen molar-refractivity contribution in [2.45, 2.75) is 0 Å². The predicted molar refractivity (Wildman–Crippen MR) is 172 cm³/mol. The van der Waals surface area contributed by atoms with Crippen LogP contribution in [-0.2, 0) is 0 Å². The van der Waals surface area contributed by atoms with Crippen LogP contribution in [0.3, 0.4) is 0 Å². The van der Waals surface area contributed by atoms with Gasteiger partial charge in [-0.25, -0.2) is 0 Å². The van der Waals surface area contributed by atoms with Crippen molar-refractivity contribution in [3.8, 4) is 22.3 Å². The predicted octanol–water partition coefficient (Wildman–Crippen LogP) is 11.6. The second kappa shape index (κ2) is 8.29. The van der Waals surface area contributed by atoms with E-state index in [1.165, 1.54) is 74.7 Å². The summed E-state index contributed by atoms with van der Waals surface area (Å²) in [7, 11) is 0. The maximum Gasteiger partial charge on any atom is 0.151 e. The summed E-state index contributed by atoms with van der Waals surface area (Å²) in [5, 5.41) is 11.3. The van der Waals surface area contributed by atoms with Crippen LogP contribution in [0.1, 0.15) is 0 Å². The second-order valence-corrected chi connectivity index (χ2v) is 11.5. The standard InChI is InChI=1S/C38H22OS/c1-2-8-25-21-26(14-13-23(25)7-1)35-28-9-3-5-11-30(28)36(31-12-6-4-10-29(31)35)27-16-18-34-33(22-27)32-17-15-24-19-20-39-37(24)38(32)40-34/h1-22H. The van der Waals surface area contributed by atoms with Crippen molar-refractivity contribution in [2.75, 3.05) is 0 Å². The van der Waals surface area contributed by atoms with Crippen molar-refractivity contribution in [2.24, 2.45) is 0 Å². The molecule has 0 aliphatic carbocycles. The third-order valence-electron chi connectivity index (χ3n) is 8.32. The van der Waals surface area contributed by atoms with E-state index in [1.54, 1.807) is 6.26 Å². The lowest BCUT2D eigenvalue weighted by molar-refractivity contribution is 0.619. The van der Waals surface area contributed by atoms with Crippen molar-refractivity contribution >= 4 is 74.8 Å². The molecule has 0 saturated heterocycles. The Hall–Kier alpha value is -4.92. The van der Waals surface area contributed by atoms with Crippen molar-refractivity contribution in [1.29, 1.82) is 0 Å². The Morgan fingerprint density at radius 2 is 1.02 bits per heavy atom. The van der Waals surface area contributed by atoms with E-state index in [9.17, 15) is 0 Å². The van der Waals surface area contributed by atoms with Gasteiger partial charge >= 0.3 is 0 Å². The van der Waals surface area contributed by atoms with Crippen LogP contribution < -0.4 is 0 Å². The van der Waals surface area contributed by atoms with Gasteiger partial charge in [0.1, 0.15) is 0 Å². The van der Waals surface area contributed by atoms with Gasteiger partial charge in [0.05, 0.1) is 11.0 Å².